The van der Waals surface area contributed by atoms with Gasteiger partial charge in [0, 0.05) is 23.0 Å². The van der Waals surface area contributed by atoms with Crippen LogP contribution in [0.5, 0.6) is 0 Å². The molecule has 4 N–H and O–H groups in total. The van der Waals surface area contributed by atoms with Gasteiger partial charge in [0.25, 0.3) is 0 Å². The third-order valence-electron chi connectivity index (χ3n) is 3.25. The third-order valence-corrected chi connectivity index (χ3v) is 5.99. The lowest BCUT2D eigenvalue weighted by atomic mass is 10.1. The van der Waals surface area contributed by atoms with Crippen molar-refractivity contribution in [2.45, 2.75) is 24.1 Å². The second-order valence-electron chi connectivity index (χ2n) is 5.27. The van der Waals surface area contributed by atoms with Crippen molar-refractivity contribution in [3.63, 3.8) is 0 Å². The van der Waals surface area contributed by atoms with Gasteiger partial charge in [-0.15, -0.1) is 35.3 Å². The Morgan fingerprint density at radius 3 is 2.65 bits per heavy atom. The molecule has 2 aromatic rings. The van der Waals surface area contributed by atoms with Crippen LogP contribution in [0.2, 0.25) is 5.02 Å². The molecule has 0 unspecified atom stereocenters. The fourth-order valence-electron chi connectivity index (χ4n) is 2.11. The number of nitrogens with two attached hydrogens (primary N) is 1. The fourth-order valence-corrected chi connectivity index (χ4v) is 4.03. The second kappa shape index (κ2) is 11.1. The van der Waals surface area contributed by atoms with Gasteiger partial charge in [0.2, 0.25) is 10.0 Å². The van der Waals surface area contributed by atoms with Crippen LogP contribution in [0.3, 0.4) is 0 Å². The summed E-state index contributed by atoms with van der Waals surface area (Å²) in [6.45, 7) is 3.81. The Bertz CT molecular complexity index is 840. The van der Waals surface area contributed by atoms with Crippen LogP contribution in [-0.4, -0.2) is 27.5 Å². The molecule has 6 nitrogen and oxygen atoms in total. The molecule has 0 fully saturated rings. The SMILES string of the molecule is CCNC(=NCc1ccc(S(N)(=O)=O)s1)NCCc1cccc(Cl)c1.I. The molecule has 0 spiro atoms. The third kappa shape index (κ3) is 7.78. The number of rotatable bonds is 7. The highest BCUT2D eigenvalue weighted by atomic mass is 127. The zero-order valence-corrected chi connectivity index (χ0v) is 19.0. The van der Waals surface area contributed by atoms with Crippen LogP contribution in [0.4, 0.5) is 0 Å². The molecule has 2 rings (SSSR count). The fraction of sp³-hybridized carbons (Fsp3) is 0.312. The highest BCUT2D eigenvalue weighted by Gasteiger charge is 2.11. The largest absolute Gasteiger partial charge is 0.357 e. The van der Waals surface area contributed by atoms with Crippen LogP contribution < -0.4 is 15.8 Å². The van der Waals surface area contributed by atoms with Crippen LogP contribution in [0, 0.1) is 0 Å². The Balaban J connectivity index is 0.00000338. The maximum atomic E-state index is 11.3. The highest BCUT2D eigenvalue weighted by Crippen LogP contribution is 2.20. The molecular formula is C16H22ClIN4O2S2. The molecule has 0 aliphatic rings. The molecule has 1 aromatic heterocycles. The van der Waals surface area contributed by atoms with E-state index >= 15 is 0 Å². The number of thiophene rings is 1. The van der Waals surface area contributed by atoms with Gasteiger partial charge in [-0.1, -0.05) is 23.7 Å². The number of benzene rings is 1. The van der Waals surface area contributed by atoms with Gasteiger partial charge in [-0.05, 0) is 43.2 Å². The van der Waals surface area contributed by atoms with Crippen LogP contribution in [-0.2, 0) is 23.0 Å². The Morgan fingerprint density at radius 1 is 1.27 bits per heavy atom. The summed E-state index contributed by atoms with van der Waals surface area (Å²) in [7, 11) is -3.65. The van der Waals surface area contributed by atoms with E-state index in [2.05, 4.69) is 15.6 Å². The maximum absolute atomic E-state index is 11.3. The normalized spacial score (nSPS) is 11.7. The second-order valence-corrected chi connectivity index (χ2v) is 8.66. The summed E-state index contributed by atoms with van der Waals surface area (Å²) >= 11 is 7.11. The number of halogens is 2. The zero-order chi connectivity index (χ0) is 18.3. The molecule has 1 aromatic carbocycles. The number of aliphatic imine (C=N–C) groups is 1. The Labute approximate surface area is 180 Å². The molecule has 0 bridgehead atoms. The van der Waals surface area contributed by atoms with E-state index in [1.165, 1.54) is 6.07 Å². The van der Waals surface area contributed by atoms with E-state index in [0.717, 1.165) is 39.8 Å². The summed E-state index contributed by atoms with van der Waals surface area (Å²) < 4.78 is 22.8. The first-order valence-corrected chi connectivity index (χ1v) is 10.5. The smallest absolute Gasteiger partial charge is 0.247 e. The van der Waals surface area contributed by atoms with Gasteiger partial charge < -0.3 is 10.6 Å². The number of nitrogens with zero attached hydrogens (tertiary/aromatic N) is 1. The van der Waals surface area contributed by atoms with Gasteiger partial charge >= 0.3 is 0 Å². The van der Waals surface area contributed by atoms with E-state index in [-0.39, 0.29) is 28.2 Å². The van der Waals surface area contributed by atoms with Gasteiger partial charge in [0.15, 0.2) is 5.96 Å². The van der Waals surface area contributed by atoms with E-state index < -0.39 is 10.0 Å². The molecule has 0 aliphatic heterocycles. The molecule has 0 aliphatic carbocycles. The van der Waals surface area contributed by atoms with Crippen LogP contribution in [0.1, 0.15) is 17.4 Å². The van der Waals surface area contributed by atoms with E-state index in [4.69, 9.17) is 16.7 Å². The van der Waals surface area contributed by atoms with Crippen LogP contribution in [0.15, 0.2) is 45.6 Å². The first-order valence-electron chi connectivity index (χ1n) is 7.76. The lowest BCUT2D eigenvalue weighted by molar-refractivity contribution is 0.600. The topological polar surface area (TPSA) is 96.6 Å². The number of primary sulfonamides is 1. The molecule has 10 heteroatoms. The van der Waals surface area contributed by atoms with Gasteiger partial charge in [-0.3, -0.25) is 0 Å². The average Bonchev–Trinajstić information content (AvgIpc) is 3.02. The summed E-state index contributed by atoms with van der Waals surface area (Å²) in [5.74, 6) is 0.676. The highest BCUT2D eigenvalue weighted by molar-refractivity contribution is 14.0. The maximum Gasteiger partial charge on any atom is 0.247 e. The van der Waals surface area contributed by atoms with Crippen LogP contribution >= 0.6 is 46.9 Å². The minimum atomic E-state index is -3.65. The van der Waals surface area contributed by atoms with Gasteiger partial charge in [-0.25, -0.2) is 18.5 Å². The number of hydrogen-bond donors (Lipinski definition) is 3. The number of guanidine groups is 1. The minimum Gasteiger partial charge on any atom is -0.357 e. The lowest BCUT2D eigenvalue weighted by Crippen LogP contribution is -2.38. The molecule has 0 atom stereocenters. The van der Waals surface area contributed by atoms with Crippen molar-refractivity contribution in [2.24, 2.45) is 10.1 Å². The number of hydrogen-bond acceptors (Lipinski definition) is 4. The van der Waals surface area contributed by atoms with Gasteiger partial charge in [0.05, 0.1) is 6.54 Å². The number of nitrogens with one attached hydrogen (secondary N) is 2. The predicted octanol–water partition coefficient (Wildman–Crippen LogP) is 2.96. The monoisotopic (exact) mass is 528 g/mol. The van der Waals surface area contributed by atoms with E-state index in [1.807, 2.05) is 31.2 Å². The summed E-state index contributed by atoms with van der Waals surface area (Å²) in [6, 6.07) is 11.0. The quantitative estimate of drug-likeness (QED) is 0.292. The Hall–Kier alpha value is -0.880. The standard InChI is InChI=1S/C16H21ClN4O2S2.HI/c1-2-19-16(20-9-8-12-4-3-5-13(17)10-12)21-11-14-6-7-15(24-14)25(18,22)23;/h3-7,10H,2,8-9,11H2,1H3,(H2,18,22,23)(H2,19,20,21);1H. The molecule has 26 heavy (non-hydrogen) atoms. The summed E-state index contributed by atoms with van der Waals surface area (Å²) in [5, 5.41) is 12.3. The molecule has 1 heterocycles. The average molecular weight is 529 g/mol. The summed E-state index contributed by atoms with van der Waals surface area (Å²) in [4.78, 5) is 5.30. The summed E-state index contributed by atoms with van der Waals surface area (Å²) in [5.41, 5.74) is 1.15. The van der Waals surface area contributed by atoms with Crippen molar-refractivity contribution < 1.29 is 8.42 Å². The van der Waals surface area contributed by atoms with Crippen molar-refractivity contribution in [3.05, 3.63) is 51.9 Å². The van der Waals surface area contributed by atoms with Crippen molar-refractivity contribution in [1.29, 1.82) is 0 Å². The first kappa shape index (κ1) is 23.2. The lowest BCUT2D eigenvalue weighted by Gasteiger charge is -2.11. The molecule has 0 saturated carbocycles. The van der Waals surface area contributed by atoms with Gasteiger partial charge in [0.1, 0.15) is 4.21 Å². The molecule has 144 valence electrons. The van der Waals surface area contributed by atoms with E-state index in [1.54, 1.807) is 6.07 Å². The zero-order valence-electron chi connectivity index (χ0n) is 14.2. The van der Waals surface area contributed by atoms with Gasteiger partial charge in [-0.2, -0.15) is 0 Å². The predicted molar refractivity (Wildman–Crippen MR) is 119 cm³/mol. The van der Waals surface area contributed by atoms with Crippen LogP contribution in [0.25, 0.3) is 0 Å². The molecule has 0 radical (unpaired) electrons. The van der Waals surface area contributed by atoms with E-state index in [0.29, 0.717) is 19.0 Å². The summed E-state index contributed by atoms with van der Waals surface area (Å²) in [6.07, 6.45) is 0.819. The Kier molecular flexibility index (Phi) is 9.86. The minimum absolute atomic E-state index is 0. The van der Waals surface area contributed by atoms with E-state index in [9.17, 15) is 8.42 Å². The van der Waals surface area contributed by atoms with Crippen molar-refractivity contribution in [1.82, 2.24) is 10.6 Å². The Morgan fingerprint density at radius 2 is 2.04 bits per heavy atom. The van der Waals surface area contributed by atoms with Crippen molar-refractivity contribution in [3.8, 4) is 0 Å². The molecule has 0 saturated heterocycles. The van der Waals surface area contributed by atoms with Crippen molar-refractivity contribution >= 4 is 62.9 Å². The van der Waals surface area contributed by atoms with Crippen molar-refractivity contribution in [2.75, 3.05) is 13.1 Å². The number of sulfonamides is 1. The molecular weight excluding hydrogens is 507 g/mol. The first-order chi connectivity index (χ1) is 11.9. The molecule has 0 amide bonds.